The quantitative estimate of drug-likeness (QED) is 0.768. The van der Waals surface area contributed by atoms with Crippen molar-refractivity contribution in [2.45, 2.75) is 26.8 Å². The Morgan fingerprint density at radius 2 is 1.83 bits per heavy atom. The van der Waals surface area contributed by atoms with E-state index in [1.807, 2.05) is 0 Å². The van der Waals surface area contributed by atoms with Gasteiger partial charge in [0.15, 0.2) is 0 Å². The van der Waals surface area contributed by atoms with Gasteiger partial charge in [0.25, 0.3) is 0 Å². The van der Waals surface area contributed by atoms with Crippen LogP contribution in [0.2, 0.25) is 0 Å². The lowest BCUT2D eigenvalue weighted by Gasteiger charge is -2.26. The van der Waals surface area contributed by atoms with Gasteiger partial charge in [0, 0.05) is 38.5 Å². The third kappa shape index (κ3) is 5.52. The Morgan fingerprint density at radius 3 is 2.39 bits per heavy atom. The molecule has 0 aromatic heterocycles. The van der Waals surface area contributed by atoms with Crippen LogP contribution in [-0.4, -0.2) is 44.3 Å². The van der Waals surface area contributed by atoms with E-state index in [0.29, 0.717) is 6.04 Å². The van der Waals surface area contributed by atoms with Gasteiger partial charge in [-0.25, -0.2) is 0 Å². The highest BCUT2D eigenvalue weighted by Crippen LogP contribution is 2.08. The van der Waals surface area contributed by atoms with Gasteiger partial charge in [-0.1, -0.05) is 17.7 Å². The molecular weight excluding hydrogens is 224 g/mol. The van der Waals surface area contributed by atoms with E-state index < -0.39 is 0 Å². The molecule has 0 radical (unpaired) electrons. The minimum absolute atomic E-state index is 0.556. The molecule has 0 aliphatic rings. The van der Waals surface area contributed by atoms with Gasteiger partial charge >= 0.3 is 0 Å². The first-order valence-corrected chi connectivity index (χ1v) is 6.67. The largest absolute Gasteiger partial charge is 0.384 e. The first kappa shape index (κ1) is 15.0. The van der Waals surface area contributed by atoms with E-state index in [2.05, 4.69) is 55.3 Å². The van der Waals surface area contributed by atoms with Crippen molar-refractivity contribution >= 4 is 5.69 Å². The van der Waals surface area contributed by atoms with E-state index in [0.717, 1.165) is 26.2 Å². The molecule has 0 aliphatic heterocycles. The second kappa shape index (κ2) is 8.11. The van der Waals surface area contributed by atoms with E-state index in [1.165, 1.54) is 11.3 Å². The summed E-state index contributed by atoms with van der Waals surface area (Å²) in [5, 5.41) is 3.45. The van der Waals surface area contributed by atoms with Crippen molar-refractivity contribution in [3.8, 4) is 0 Å². The SMILES string of the molecule is COCCN(CCNc1ccc(C)cc1)C(C)C. The molecule has 0 saturated heterocycles. The van der Waals surface area contributed by atoms with Crippen molar-refractivity contribution in [2.75, 3.05) is 38.7 Å². The lowest BCUT2D eigenvalue weighted by molar-refractivity contribution is 0.132. The van der Waals surface area contributed by atoms with Crippen molar-refractivity contribution in [1.29, 1.82) is 0 Å². The number of hydrogen-bond donors (Lipinski definition) is 1. The highest BCUT2D eigenvalue weighted by atomic mass is 16.5. The van der Waals surface area contributed by atoms with Gasteiger partial charge in [-0.05, 0) is 32.9 Å². The Balaban J connectivity index is 2.31. The van der Waals surface area contributed by atoms with E-state index in [4.69, 9.17) is 4.74 Å². The minimum atomic E-state index is 0.556. The maximum atomic E-state index is 5.14. The van der Waals surface area contributed by atoms with E-state index >= 15 is 0 Å². The van der Waals surface area contributed by atoms with Gasteiger partial charge in [0.1, 0.15) is 0 Å². The van der Waals surface area contributed by atoms with Crippen LogP contribution in [0.3, 0.4) is 0 Å². The Labute approximate surface area is 111 Å². The maximum absolute atomic E-state index is 5.14. The molecule has 18 heavy (non-hydrogen) atoms. The number of hydrogen-bond acceptors (Lipinski definition) is 3. The van der Waals surface area contributed by atoms with Crippen LogP contribution < -0.4 is 5.32 Å². The molecule has 0 bridgehead atoms. The predicted octanol–water partition coefficient (Wildman–Crippen LogP) is 2.76. The van der Waals surface area contributed by atoms with Crippen LogP contribution in [0.15, 0.2) is 24.3 Å². The fraction of sp³-hybridized carbons (Fsp3) is 0.600. The first-order valence-electron chi connectivity index (χ1n) is 6.67. The molecule has 0 heterocycles. The number of anilines is 1. The molecule has 0 amide bonds. The summed E-state index contributed by atoms with van der Waals surface area (Å²) in [7, 11) is 1.75. The van der Waals surface area contributed by atoms with E-state index in [1.54, 1.807) is 7.11 Å². The molecule has 102 valence electrons. The molecule has 1 rings (SSSR count). The third-order valence-corrected chi connectivity index (χ3v) is 3.09. The molecule has 0 atom stereocenters. The zero-order valence-corrected chi connectivity index (χ0v) is 12.1. The number of rotatable bonds is 8. The molecule has 3 heteroatoms. The van der Waals surface area contributed by atoms with Crippen LogP contribution in [0, 0.1) is 6.92 Å². The predicted molar refractivity (Wildman–Crippen MR) is 78.3 cm³/mol. The average molecular weight is 250 g/mol. The summed E-state index contributed by atoms with van der Waals surface area (Å²) in [5.74, 6) is 0. The fourth-order valence-electron chi connectivity index (χ4n) is 1.85. The monoisotopic (exact) mass is 250 g/mol. The van der Waals surface area contributed by atoms with Crippen molar-refractivity contribution in [1.82, 2.24) is 4.90 Å². The van der Waals surface area contributed by atoms with Crippen LogP contribution in [0.4, 0.5) is 5.69 Å². The van der Waals surface area contributed by atoms with Crippen LogP contribution in [-0.2, 0) is 4.74 Å². The summed E-state index contributed by atoms with van der Waals surface area (Å²) < 4.78 is 5.14. The lowest BCUT2D eigenvalue weighted by atomic mass is 10.2. The molecule has 0 fully saturated rings. The van der Waals surface area contributed by atoms with Gasteiger partial charge in [0.2, 0.25) is 0 Å². The smallest absolute Gasteiger partial charge is 0.0589 e. The highest BCUT2D eigenvalue weighted by molar-refractivity contribution is 5.44. The van der Waals surface area contributed by atoms with Crippen LogP contribution in [0.5, 0.6) is 0 Å². The molecular formula is C15H26N2O. The zero-order chi connectivity index (χ0) is 13.4. The summed E-state index contributed by atoms with van der Waals surface area (Å²) in [5.41, 5.74) is 2.49. The number of aryl methyl sites for hydroxylation is 1. The van der Waals surface area contributed by atoms with E-state index in [-0.39, 0.29) is 0 Å². The molecule has 3 nitrogen and oxygen atoms in total. The van der Waals surface area contributed by atoms with Gasteiger partial charge in [0.05, 0.1) is 6.61 Å². The van der Waals surface area contributed by atoms with Gasteiger partial charge in [-0.15, -0.1) is 0 Å². The first-order chi connectivity index (χ1) is 8.63. The number of ether oxygens (including phenoxy) is 1. The number of nitrogens with one attached hydrogen (secondary N) is 1. The third-order valence-electron chi connectivity index (χ3n) is 3.09. The maximum Gasteiger partial charge on any atom is 0.0589 e. The Hall–Kier alpha value is -1.06. The number of nitrogens with zero attached hydrogens (tertiary/aromatic N) is 1. The second-order valence-electron chi connectivity index (χ2n) is 4.92. The molecule has 1 aromatic carbocycles. The molecule has 0 unspecified atom stereocenters. The lowest BCUT2D eigenvalue weighted by Crippen LogP contribution is -2.37. The Kier molecular flexibility index (Phi) is 6.76. The van der Waals surface area contributed by atoms with Gasteiger partial charge < -0.3 is 10.1 Å². The molecule has 0 aliphatic carbocycles. The normalized spacial score (nSPS) is 11.2. The summed E-state index contributed by atoms with van der Waals surface area (Å²) >= 11 is 0. The molecule has 0 spiro atoms. The molecule has 0 saturated carbocycles. The molecule has 1 N–H and O–H groups in total. The topological polar surface area (TPSA) is 24.5 Å². The van der Waals surface area contributed by atoms with Crippen molar-refractivity contribution in [3.05, 3.63) is 29.8 Å². The minimum Gasteiger partial charge on any atom is -0.384 e. The average Bonchev–Trinajstić information content (AvgIpc) is 2.35. The number of methoxy groups -OCH3 is 1. The van der Waals surface area contributed by atoms with Crippen molar-refractivity contribution in [2.24, 2.45) is 0 Å². The summed E-state index contributed by atoms with van der Waals surface area (Å²) in [6.45, 7) is 10.3. The highest BCUT2D eigenvalue weighted by Gasteiger charge is 2.07. The van der Waals surface area contributed by atoms with Crippen LogP contribution in [0.25, 0.3) is 0 Å². The Morgan fingerprint density at radius 1 is 1.17 bits per heavy atom. The zero-order valence-electron chi connectivity index (χ0n) is 12.1. The summed E-state index contributed by atoms with van der Waals surface area (Å²) in [6, 6.07) is 9.08. The van der Waals surface area contributed by atoms with E-state index in [9.17, 15) is 0 Å². The number of benzene rings is 1. The summed E-state index contributed by atoms with van der Waals surface area (Å²) in [6.07, 6.45) is 0. The van der Waals surface area contributed by atoms with Crippen LogP contribution >= 0.6 is 0 Å². The van der Waals surface area contributed by atoms with Crippen molar-refractivity contribution in [3.63, 3.8) is 0 Å². The molecule has 1 aromatic rings. The Bertz CT molecular complexity index is 322. The fourth-order valence-corrected chi connectivity index (χ4v) is 1.85. The second-order valence-corrected chi connectivity index (χ2v) is 4.92. The standard InChI is InChI=1S/C15H26N2O/c1-13(2)17(11-12-18-4)10-9-16-15-7-5-14(3)6-8-15/h5-8,13,16H,9-12H2,1-4H3. The van der Waals surface area contributed by atoms with Crippen molar-refractivity contribution < 1.29 is 4.74 Å². The van der Waals surface area contributed by atoms with Gasteiger partial charge in [-0.2, -0.15) is 0 Å². The van der Waals surface area contributed by atoms with Gasteiger partial charge in [-0.3, -0.25) is 4.90 Å². The summed E-state index contributed by atoms with van der Waals surface area (Å²) in [4.78, 5) is 2.42. The van der Waals surface area contributed by atoms with Crippen LogP contribution in [0.1, 0.15) is 19.4 Å².